The van der Waals surface area contributed by atoms with Crippen molar-refractivity contribution in [2.75, 3.05) is 24.5 Å². The van der Waals surface area contributed by atoms with Crippen molar-refractivity contribution in [3.63, 3.8) is 0 Å². The van der Waals surface area contributed by atoms with Crippen LogP contribution in [0.5, 0.6) is 5.75 Å². The van der Waals surface area contributed by atoms with Gasteiger partial charge in [0.05, 0.1) is 0 Å². The van der Waals surface area contributed by atoms with Crippen LogP contribution >= 0.6 is 0 Å². The van der Waals surface area contributed by atoms with E-state index in [2.05, 4.69) is 34.5 Å². The van der Waals surface area contributed by atoms with Gasteiger partial charge in [-0.15, -0.1) is 0 Å². The second-order valence-electron chi connectivity index (χ2n) is 6.40. The maximum Gasteiger partial charge on any atom is 0.115 e. The Morgan fingerprint density at radius 3 is 2.91 bits per heavy atom. The van der Waals surface area contributed by atoms with Crippen molar-refractivity contribution < 1.29 is 5.11 Å². The van der Waals surface area contributed by atoms with Crippen molar-refractivity contribution in [2.24, 2.45) is 0 Å². The van der Waals surface area contributed by atoms with Crippen molar-refractivity contribution in [1.82, 2.24) is 5.32 Å². The van der Waals surface area contributed by atoms with E-state index in [-0.39, 0.29) is 0 Å². The monoisotopic (exact) mass is 294 g/mol. The maximum atomic E-state index is 9.60. The molecule has 3 nitrogen and oxygen atoms in total. The Morgan fingerprint density at radius 2 is 2.00 bits per heavy atom. The summed E-state index contributed by atoms with van der Waals surface area (Å²) < 4.78 is 0. The van der Waals surface area contributed by atoms with Crippen molar-refractivity contribution in [3.8, 4) is 5.75 Å². The van der Waals surface area contributed by atoms with Gasteiger partial charge >= 0.3 is 0 Å². The number of anilines is 1. The van der Waals surface area contributed by atoms with Gasteiger partial charge in [0.2, 0.25) is 0 Å². The van der Waals surface area contributed by atoms with Crippen LogP contribution in [-0.2, 0) is 12.8 Å². The predicted octanol–water partition coefficient (Wildman–Crippen LogP) is 2.71. The van der Waals surface area contributed by atoms with E-state index in [9.17, 15) is 5.11 Å². The molecule has 0 aromatic heterocycles. The average Bonchev–Trinajstić information content (AvgIpc) is 2.68. The molecule has 1 fully saturated rings. The fraction of sp³-hybridized carbons (Fsp3) is 0.368. The Kier molecular flexibility index (Phi) is 3.51. The molecular formula is C19H22N2O. The molecule has 0 amide bonds. The Balaban J connectivity index is 1.58. The smallest absolute Gasteiger partial charge is 0.115 e. The maximum absolute atomic E-state index is 9.60. The summed E-state index contributed by atoms with van der Waals surface area (Å²) in [6, 6.07) is 15.1. The average molecular weight is 294 g/mol. The number of benzene rings is 2. The predicted molar refractivity (Wildman–Crippen MR) is 89.7 cm³/mol. The molecule has 0 radical (unpaired) electrons. The van der Waals surface area contributed by atoms with Gasteiger partial charge in [0.25, 0.3) is 0 Å². The first-order chi connectivity index (χ1) is 10.8. The standard InChI is InChI=1S/C19H22N2O/c22-18-3-1-2-14(12-18)10-15-4-5-19-16(11-15)13-17-6-7-20-8-9-21(17)19/h1-5,11-12,17,20,22H,6-10,13H2. The highest BCUT2D eigenvalue weighted by Gasteiger charge is 2.29. The molecule has 2 N–H and O–H groups in total. The van der Waals surface area contributed by atoms with Crippen LogP contribution in [0.3, 0.4) is 0 Å². The Labute approximate surface area is 131 Å². The first kappa shape index (κ1) is 13.6. The number of hydrogen-bond acceptors (Lipinski definition) is 3. The third-order valence-electron chi connectivity index (χ3n) is 4.85. The molecule has 3 heteroatoms. The zero-order valence-corrected chi connectivity index (χ0v) is 12.8. The molecule has 2 aromatic rings. The van der Waals surface area contributed by atoms with E-state index >= 15 is 0 Å². The van der Waals surface area contributed by atoms with Crippen molar-refractivity contribution in [3.05, 3.63) is 59.2 Å². The zero-order chi connectivity index (χ0) is 14.9. The van der Waals surface area contributed by atoms with Crippen LogP contribution in [0.15, 0.2) is 42.5 Å². The highest BCUT2D eigenvalue weighted by Crippen LogP contribution is 2.34. The number of hydrogen-bond donors (Lipinski definition) is 2. The highest BCUT2D eigenvalue weighted by atomic mass is 16.3. The first-order valence-corrected chi connectivity index (χ1v) is 8.17. The van der Waals surface area contributed by atoms with Gasteiger partial charge in [0, 0.05) is 24.8 Å². The van der Waals surface area contributed by atoms with Gasteiger partial charge in [-0.25, -0.2) is 0 Å². The third-order valence-corrected chi connectivity index (χ3v) is 4.85. The summed E-state index contributed by atoms with van der Waals surface area (Å²) in [5.74, 6) is 0.347. The van der Waals surface area contributed by atoms with Crippen LogP contribution in [0, 0.1) is 0 Å². The van der Waals surface area contributed by atoms with Gasteiger partial charge in [-0.3, -0.25) is 0 Å². The summed E-state index contributed by atoms with van der Waals surface area (Å²) in [6.45, 7) is 3.33. The van der Waals surface area contributed by atoms with Crippen molar-refractivity contribution in [2.45, 2.75) is 25.3 Å². The van der Waals surface area contributed by atoms with E-state index in [1.807, 2.05) is 12.1 Å². The van der Waals surface area contributed by atoms with Crippen molar-refractivity contribution in [1.29, 1.82) is 0 Å². The van der Waals surface area contributed by atoms with Gasteiger partial charge in [-0.1, -0.05) is 24.3 Å². The molecule has 0 saturated carbocycles. The van der Waals surface area contributed by atoms with Gasteiger partial charge in [-0.2, -0.15) is 0 Å². The molecule has 0 aliphatic carbocycles. The number of fused-ring (bicyclic) bond motifs is 3. The molecule has 2 aromatic carbocycles. The molecule has 114 valence electrons. The van der Waals surface area contributed by atoms with E-state index in [1.54, 1.807) is 6.07 Å². The molecule has 22 heavy (non-hydrogen) atoms. The lowest BCUT2D eigenvalue weighted by atomic mass is 10.0. The number of aromatic hydroxyl groups is 1. The van der Waals surface area contributed by atoms with Crippen LogP contribution in [-0.4, -0.2) is 30.8 Å². The summed E-state index contributed by atoms with van der Waals surface area (Å²) in [4.78, 5) is 2.58. The lowest BCUT2D eigenvalue weighted by molar-refractivity contribution is 0.474. The van der Waals surface area contributed by atoms with Gasteiger partial charge in [0.1, 0.15) is 5.75 Å². The van der Waals surface area contributed by atoms with Gasteiger partial charge in [-0.05, 0) is 60.7 Å². The summed E-state index contributed by atoms with van der Waals surface area (Å²) in [7, 11) is 0. The largest absolute Gasteiger partial charge is 0.508 e. The fourth-order valence-corrected chi connectivity index (χ4v) is 3.81. The summed E-state index contributed by atoms with van der Waals surface area (Å²) in [5.41, 5.74) is 5.41. The summed E-state index contributed by atoms with van der Waals surface area (Å²) in [5, 5.41) is 13.1. The molecule has 2 heterocycles. The Hall–Kier alpha value is -2.00. The molecule has 2 aliphatic heterocycles. The molecule has 1 saturated heterocycles. The molecule has 1 atom stereocenters. The minimum absolute atomic E-state index is 0.347. The molecular weight excluding hydrogens is 272 g/mol. The number of phenolic OH excluding ortho intramolecular Hbond substituents is 1. The van der Waals surface area contributed by atoms with Crippen LogP contribution in [0.1, 0.15) is 23.1 Å². The van der Waals surface area contributed by atoms with Crippen LogP contribution < -0.4 is 10.2 Å². The lowest BCUT2D eigenvalue weighted by Gasteiger charge is -2.24. The molecule has 0 bridgehead atoms. The highest BCUT2D eigenvalue weighted by molar-refractivity contribution is 5.61. The Morgan fingerprint density at radius 1 is 1.09 bits per heavy atom. The second-order valence-corrected chi connectivity index (χ2v) is 6.40. The molecule has 1 unspecified atom stereocenters. The summed E-state index contributed by atoms with van der Waals surface area (Å²) >= 11 is 0. The van der Waals surface area contributed by atoms with Crippen LogP contribution in [0.2, 0.25) is 0 Å². The minimum Gasteiger partial charge on any atom is -0.508 e. The van der Waals surface area contributed by atoms with Crippen LogP contribution in [0.25, 0.3) is 0 Å². The third kappa shape index (κ3) is 2.57. The van der Waals surface area contributed by atoms with Crippen LogP contribution in [0.4, 0.5) is 5.69 Å². The second kappa shape index (κ2) is 5.65. The molecule has 2 aliphatic rings. The molecule has 4 rings (SSSR count). The van der Waals surface area contributed by atoms with E-state index in [1.165, 1.54) is 29.7 Å². The lowest BCUT2D eigenvalue weighted by Crippen LogP contribution is -2.32. The number of rotatable bonds is 2. The Bertz CT molecular complexity index is 683. The van der Waals surface area contributed by atoms with Crippen molar-refractivity contribution >= 4 is 5.69 Å². The normalized spacial score (nSPS) is 20.4. The minimum atomic E-state index is 0.347. The quantitative estimate of drug-likeness (QED) is 0.894. The number of nitrogens with one attached hydrogen (secondary N) is 1. The number of phenols is 1. The summed E-state index contributed by atoms with van der Waals surface area (Å²) in [6.07, 6.45) is 3.29. The zero-order valence-electron chi connectivity index (χ0n) is 12.8. The molecule has 0 spiro atoms. The van der Waals surface area contributed by atoms with E-state index in [4.69, 9.17) is 0 Å². The van der Waals surface area contributed by atoms with Gasteiger partial charge in [0.15, 0.2) is 0 Å². The van der Waals surface area contributed by atoms with E-state index in [0.29, 0.717) is 11.8 Å². The number of nitrogens with zero attached hydrogens (tertiary/aromatic N) is 1. The van der Waals surface area contributed by atoms with Gasteiger partial charge < -0.3 is 15.3 Å². The topological polar surface area (TPSA) is 35.5 Å². The van der Waals surface area contributed by atoms with E-state index in [0.717, 1.165) is 31.6 Å². The fourth-order valence-electron chi connectivity index (χ4n) is 3.81. The SMILES string of the molecule is Oc1cccc(Cc2ccc3c(c2)CC2CCNCCN32)c1. The first-order valence-electron chi connectivity index (χ1n) is 8.17. The van der Waals surface area contributed by atoms with E-state index < -0.39 is 0 Å².